The molecule has 6 heteroatoms. The van der Waals surface area contributed by atoms with Crippen LogP contribution in [0.4, 0.5) is 0 Å². The number of hydrogen-bond donors (Lipinski definition) is 2. The number of ether oxygens (including phenoxy) is 1. The first-order valence-electron chi connectivity index (χ1n) is 5.25. The molecule has 0 saturated carbocycles. The molecular formula is C12H12NO4P. The molecular weight excluding hydrogens is 253 g/mol. The minimum atomic E-state index is -4.06. The quantitative estimate of drug-likeness (QED) is 0.830. The first-order valence-corrected chi connectivity index (χ1v) is 7.05. The summed E-state index contributed by atoms with van der Waals surface area (Å²) in [4.78, 5) is 21.8. The second-order valence-electron chi connectivity index (χ2n) is 3.74. The highest BCUT2D eigenvalue weighted by molar-refractivity contribution is 7.50. The van der Waals surface area contributed by atoms with Gasteiger partial charge in [0.2, 0.25) is 5.88 Å². The Morgan fingerprint density at radius 3 is 2.67 bits per heavy atom. The summed E-state index contributed by atoms with van der Waals surface area (Å²) in [7, 11) is -4.06. The number of benzene rings is 1. The number of aromatic nitrogens is 1. The van der Waals surface area contributed by atoms with Crippen LogP contribution < -0.4 is 4.74 Å². The van der Waals surface area contributed by atoms with Gasteiger partial charge in [0, 0.05) is 12.3 Å². The van der Waals surface area contributed by atoms with Crippen LogP contribution in [0.3, 0.4) is 0 Å². The maximum atomic E-state index is 10.9. The molecule has 94 valence electrons. The van der Waals surface area contributed by atoms with E-state index in [9.17, 15) is 4.57 Å². The summed E-state index contributed by atoms with van der Waals surface area (Å²) in [5, 5.41) is 0. The van der Waals surface area contributed by atoms with E-state index in [1.54, 1.807) is 48.7 Å². The summed E-state index contributed by atoms with van der Waals surface area (Å²) in [5.41, 5.74) is 0.525. The van der Waals surface area contributed by atoms with Crippen molar-refractivity contribution in [3.05, 3.63) is 54.2 Å². The molecule has 1 aromatic heterocycles. The molecule has 0 spiro atoms. The summed E-state index contributed by atoms with van der Waals surface area (Å²) >= 11 is 0. The van der Waals surface area contributed by atoms with E-state index in [4.69, 9.17) is 14.5 Å². The van der Waals surface area contributed by atoms with Crippen molar-refractivity contribution >= 4 is 7.60 Å². The Hall–Kier alpha value is -1.68. The van der Waals surface area contributed by atoms with Crippen LogP contribution in [0.5, 0.6) is 11.6 Å². The highest BCUT2D eigenvalue weighted by Gasteiger charge is 2.14. The van der Waals surface area contributed by atoms with Gasteiger partial charge >= 0.3 is 7.60 Å². The predicted molar refractivity (Wildman–Crippen MR) is 66.5 cm³/mol. The van der Waals surface area contributed by atoms with Crippen LogP contribution in [0.2, 0.25) is 0 Å². The Kier molecular flexibility index (Phi) is 3.77. The Balaban J connectivity index is 2.15. The van der Waals surface area contributed by atoms with Gasteiger partial charge in [0.05, 0.1) is 6.16 Å². The van der Waals surface area contributed by atoms with Crippen LogP contribution in [0.1, 0.15) is 5.56 Å². The largest absolute Gasteiger partial charge is 0.439 e. The van der Waals surface area contributed by atoms with Crippen LogP contribution in [-0.2, 0) is 10.7 Å². The fraction of sp³-hybridized carbons (Fsp3) is 0.0833. The van der Waals surface area contributed by atoms with Gasteiger partial charge in [-0.3, -0.25) is 4.57 Å². The van der Waals surface area contributed by atoms with Crippen molar-refractivity contribution in [2.24, 2.45) is 0 Å². The first kappa shape index (κ1) is 12.8. The van der Waals surface area contributed by atoms with Crippen molar-refractivity contribution in [3.8, 4) is 11.6 Å². The Morgan fingerprint density at radius 1 is 1.17 bits per heavy atom. The molecule has 0 bridgehead atoms. The van der Waals surface area contributed by atoms with Crippen LogP contribution in [-0.4, -0.2) is 14.8 Å². The van der Waals surface area contributed by atoms with Crippen molar-refractivity contribution in [1.29, 1.82) is 0 Å². The SMILES string of the molecule is O=P(O)(O)Cc1cccc(Oc2ccccn2)c1. The molecule has 1 aromatic carbocycles. The van der Waals surface area contributed by atoms with Crippen LogP contribution >= 0.6 is 7.60 Å². The average molecular weight is 265 g/mol. The van der Waals surface area contributed by atoms with E-state index in [2.05, 4.69) is 4.98 Å². The van der Waals surface area contributed by atoms with Crippen molar-refractivity contribution in [1.82, 2.24) is 4.98 Å². The molecule has 5 nitrogen and oxygen atoms in total. The van der Waals surface area contributed by atoms with Gasteiger partial charge in [-0.05, 0) is 23.8 Å². The second-order valence-corrected chi connectivity index (χ2v) is 5.39. The number of nitrogens with zero attached hydrogens (tertiary/aromatic N) is 1. The molecule has 0 fully saturated rings. The molecule has 0 saturated heterocycles. The topological polar surface area (TPSA) is 79.7 Å². The summed E-state index contributed by atoms with van der Waals surface area (Å²) in [6.07, 6.45) is 1.31. The minimum Gasteiger partial charge on any atom is -0.439 e. The zero-order chi connectivity index (χ0) is 13.0. The van der Waals surface area contributed by atoms with Crippen molar-refractivity contribution in [2.45, 2.75) is 6.16 Å². The highest BCUT2D eigenvalue weighted by atomic mass is 31.2. The molecule has 0 aliphatic rings. The molecule has 0 radical (unpaired) electrons. The second kappa shape index (κ2) is 5.31. The smallest absolute Gasteiger partial charge is 0.329 e. The third kappa shape index (κ3) is 3.96. The van der Waals surface area contributed by atoms with Gasteiger partial charge in [0.15, 0.2) is 0 Å². The van der Waals surface area contributed by atoms with Crippen molar-refractivity contribution < 1.29 is 19.1 Å². The van der Waals surface area contributed by atoms with Gasteiger partial charge in [0.25, 0.3) is 0 Å². The normalized spacial score (nSPS) is 11.2. The van der Waals surface area contributed by atoms with Gasteiger partial charge in [-0.15, -0.1) is 0 Å². The fourth-order valence-electron chi connectivity index (χ4n) is 1.47. The summed E-state index contributed by atoms with van der Waals surface area (Å²) in [6.45, 7) is 0. The van der Waals surface area contributed by atoms with E-state index >= 15 is 0 Å². The van der Waals surface area contributed by atoms with E-state index in [0.29, 0.717) is 17.2 Å². The lowest BCUT2D eigenvalue weighted by molar-refractivity contribution is 0.371. The number of hydrogen-bond acceptors (Lipinski definition) is 3. The highest BCUT2D eigenvalue weighted by Crippen LogP contribution is 2.39. The van der Waals surface area contributed by atoms with E-state index < -0.39 is 7.60 Å². The molecule has 18 heavy (non-hydrogen) atoms. The van der Waals surface area contributed by atoms with E-state index in [1.165, 1.54) is 0 Å². The molecule has 0 atom stereocenters. The Labute approximate surface area is 104 Å². The summed E-state index contributed by atoms with van der Waals surface area (Å²) < 4.78 is 16.4. The van der Waals surface area contributed by atoms with Gasteiger partial charge in [0.1, 0.15) is 5.75 Å². The van der Waals surface area contributed by atoms with Gasteiger partial charge < -0.3 is 14.5 Å². The molecule has 0 unspecified atom stereocenters. The lowest BCUT2D eigenvalue weighted by atomic mass is 10.2. The Morgan fingerprint density at radius 2 is 2.00 bits per heavy atom. The average Bonchev–Trinajstić information content (AvgIpc) is 2.28. The lowest BCUT2D eigenvalue weighted by Crippen LogP contribution is -1.90. The van der Waals surface area contributed by atoms with Gasteiger partial charge in [-0.2, -0.15) is 0 Å². The molecule has 0 aliphatic heterocycles. The predicted octanol–water partition coefficient (Wildman–Crippen LogP) is 2.55. The monoisotopic (exact) mass is 265 g/mol. The summed E-state index contributed by atoms with van der Waals surface area (Å²) in [5.74, 6) is 0.936. The van der Waals surface area contributed by atoms with E-state index in [0.717, 1.165) is 0 Å². The first-order chi connectivity index (χ1) is 8.53. The Bertz CT molecular complexity index is 567. The molecule has 1 heterocycles. The lowest BCUT2D eigenvalue weighted by Gasteiger charge is -2.07. The molecule has 2 aromatic rings. The zero-order valence-corrected chi connectivity index (χ0v) is 10.3. The zero-order valence-electron chi connectivity index (χ0n) is 9.43. The van der Waals surface area contributed by atoms with E-state index in [-0.39, 0.29) is 6.16 Å². The maximum Gasteiger partial charge on any atom is 0.329 e. The summed E-state index contributed by atoms with van der Waals surface area (Å²) in [6, 6.07) is 11.9. The number of pyridine rings is 1. The molecule has 2 rings (SSSR count). The third-order valence-electron chi connectivity index (χ3n) is 2.15. The fourth-order valence-corrected chi connectivity index (χ4v) is 2.15. The van der Waals surface area contributed by atoms with Crippen LogP contribution in [0.25, 0.3) is 0 Å². The minimum absolute atomic E-state index is 0.299. The molecule has 2 N–H and O–H groups in total. The maximum absolute atomic E-state index is 10.9. The van der Waals surface area contributed by atoms with E-state index in [1.807, 2.05) is 0 Å². The third-order valence-corrected chi connectivity index (χ3v) is 2.92. The standard InChI is InChI=1S/C12H12NO4P/c14-18(15,16)9-10-4-3-5-11(8-10)17-12-6-1-2-7-13-12/h1-8H,9H2,(H2,14,15,16). The molecule has 0 amide bonds. The molecule has 0 aliphatic carbocycles. The van der Waals surface area contributed by atoms with Crippen molar-refractivity contribution in [3.63, 3.8) is 0 Å². The van der Waals surface area contributed by atoms with Crippen molar-refractivity contribution in [2.75, 3.05) is 0 Å². The van der Waals surface area contributed by atoms with Crippen LogP contribution in [0, 0.1) is 0 Å². The van der Waals surface area contributed by atoms with Crippen LogP contribution in [0.15, 0.2) is 48.7 Å². The van der Waals surface area contributed by atoms with Gasteiger partial charge in [-0.1, -0.05) is 18.2 Å². The van der Waals surface area contributed by atoms with Gasteiger partial charge in [-0.25, -0.2) is 4.98 Å². The number of rotatable bonds is 4.